The first-order valence-electron chi connectivity index (χ1n) is 9.71. The first kappa shape index (κ1) is 3.34. The smallest absolute Gasteiger partial charge is 0.309 e. The van der Waals surface area contributed by atoms with Crippen LogP contribution >= 0.6 is 0 Å². The van der Waals surface area contributed by atoms with Crippen LogP contribution in [0.2, 0.25) is 0 Å². The number of cyclic esters (lactones) is 1. The molecular weight excluding hydrogens is 192 g/mol. The Bertz CT molecular complexity index is 708. The topological polar surface area (TPSA) is 44.1 Å². The van der Waals surface area contributed by atoms with E-state index in [-0.39, 0.29) is 0 Å². The van der Waals surface area contributed by atoms with Gasteiger partial charge in [-0.05, 0) is 12.8 Å². The molecule has 1 aromatic rings. The van der Waals surface area contributed by atoms with E-state index in [2.05, 4.69) is 9.72 Å². The fraction of sp³-hybridized carbons (Fsp3) is 0.636. The Morgan fingerprint density at radius 3 is 3.73 bits per heavy atom. The van der Waals surface area contributed by atoms with Crippen molar-refractivity contribution in [2.24, 2.45) is 18.8 Å². The van der Waals surface area contributed by atoms with Crippen molar-refractivity contribution in [2.45, 2.75) is 19.6 Å². The maximum atomic E-state index is 12.0. The minimum absolute atomic E-state index is 0.439. The normalized spacial score (nSPS) is 47.3. The number of aromatic nitrogens is 2. The van der Waals surface area contributed by atoms with Crippen molar-refractivity contribution in [1.82, 2.24) is 9.55 Å². The van der Waals surface area contributed by atoms with Crippen molar-refractivity contribution in [3.8, 4) is 0 Å². The Morgan fingerprint density at radius 1 is 2.00 bits per heavy atom. The molecule has 1 aliphatic rings. The number of imidazole rings is 1. The summed E-state index contributed by atoms with van der Waals surface area (Å²) in [5, 5.41) is 0. The largest absolute Gasteiger partial charge is 0.465 e. The maximum absolute atomic E-state index is 12.0. The lowest BCUT2D eigenvalue weighted by atomic mass is 9.89. The second-order valence-corrected chi connectivity index (χ2v) is 2.97. The summed E-state index contributed by atoms with van der Waals surface area (Å²) in [6.07, 6.45) is -2.54. The molecule has 1 aromatic heterocycles. The van der Waals surface area contributed by atoms with Crippen LogP contribution < -0.4 is 0 Å². The van der Waals surface area contributed by atoms with Gasteiger partial charge in [0, 0.05) is 37.1 Å². The monoisotopic (exact) mass is 219 g/mol. The summed E-state index contributed by atoms with van der Waals surface area (Å²) < 4.78 is 89.8. The highest BCUT2D eigenvalue weighted by Crippen LogP contribution is 2.27. The zero-order valence-corrected chi connectivity index (χ0v) is 7.65. The third kappa shape index (κ3) is 1.89. The molecule has 0 aliphatic carbocycles. The van der Waals surface area contributed by atoms with E-state index in [1.165, 1.54) is 0 Å². The average Bonchev–Trinajstić information content (AvgIpc) is 2.96. The molecule has 0 N–H and O–H groups in total. The highest BCUT2D eigenvalue weighted by atomic mass is 16.5. The molecule has 0 unspecified atom stereocenters. The lowest BCUT2D eigenvalue weighted by Gasteiger charge is -2.12. The highest BCUT2D eigenvalue weighted by Gasteiger charge is 2.35. The fourth-order valence-corrected chi connectivity index (χ4v) is 1.19. The quantitative estimate of drug-likeness (QED) is 0.717. The molecule has 4 heteroatoms. The van der Waals surface area contributed by atoms with Crippen LogP contribution in [0.5, 0.6) is 0 Å². The van der Waals surface area contributed by atoms with Crippen molar-refractivity contribution in [1.29, 1.82) is 0 Å². The van der Waals surface area contributed by atoms with Gasteiger partial charge in [0.05, 0.1) is 21.5 Å². The SMILES string of the molecule is [2H]C([2H])([2H])C[C@@H]1C(=O)OC([2H])([2H])[C@]1([2H])C([2H])([2H])c1cncn1C([2H])([2H])[2H]. The first-order chi connectivity index (χ1) is 11.5. The minimum atomic E-state index is -3.20. The number of carbonyl (C=O) groups is 1. The molecule has 0 radical (unpaired) electrons. The van der Waals surface area contributed by atoms with Crippen LogP contribution in [0.15, 0.2) is 12.5 Å². The zero-order chi connectivity index (χ0) is 20.3. The van der Waals surface area contributed by atoms with Gasteiger partial charge in [-0.3, -0.25) is 4.79 Å². The number of hydrogen-bond acceptors (Lipinski definition) is 3. The molecule has 0 bridgehead atoms. The number of aryl methyl sites for hydroxylation is 1. The van der Waals surface area contributed by atoms with Crippen LogP contribution in [0.25, 0.3) is 0 Å². The Hall–Kier alpha value is -1.32. The van der Waals surface area contributed by atoms with E-state index in [0.29, 0.717) is 4.57 Å². The molecule has 82 valence electrons. The lowest BCUT2D eigenvalue weighted by Crippen LogP contribution is -2.18. The van der Waals surface area contributed by atoms with E-state index < -0.39 is 56.7 Å². The molecule has 1 aliphatic heterocycles. The second-order valence-electron chi connectivity index (χ2n) is 2.97. The molecular formula is C11H16N2O2. The molecule has 1 fully saturated rings. The summed E-state index contributed by atoms with van der Waals surface area (Å²) in [4.78, 5) is 15.6. The summed E-state index contributed by atoms with van der Waals surface area (Å²) in [7, 11) is 0. The van der Waals surface area contributed by atoms with Gasteiger partial charge in [0.25, 0.3) is 0 Å². The van der Waals surface area contributed by atoms with Gasteiger partial charge in [0.2, 0.25) is 0 Å². The number of nitrogens with zero attached hydrogens (tertiary/aromatic N) is 2. The van der Waals surface area contributed by atoms with Crippen molar-refractivity contribution in [3.63, 3.8) is 0 Å². The molecule has 15 heavy (non-hydrogen) atoms. The van der Waals surface area contributed by atoms with Gasteiger partial charge in [-0.2, -0.15) is 0 Å². The van der Waals surface area contributed by atoms with Gasteiger partial charge in [-0.25, -0.2) is 4.98 Å². The van der Waals surface area contributed by atoms with E-state index in [9.17, 15) is 4.79 Å². The minimum Gasteiger partial charge on any atom is -0.465 e. The van der Waals surface area contributed by atoms with Crippen LogP contribution in [-0.2, 0) is 22.9 Å². The fourth-order valence-electron chi connectivity index (χ4n) is 1.19. The second kappa shape index (κ2) is 4.04. The van der Waals surface area contributed by atoms with Gasteiger partial charge in [0.15, 0.2) is 0 Å². The Kier molecular flexibility index (Phi) is 0.899. The number of rotatable bonds is 3. The molecule has 0 amide bonds. The molecule has 0 aromatic carbocycles. The van der Waals surface area contributed by atoms with Crippen molar-refractivity contribution >= 4 is 5.97 Å². The number of carbonyl (C=O) groups excluding carboxylic acids is 1. The van der Waals surface area contributed by atoms with Crippen molar-refractivity contribution < 1.29 is 24.6 Å². The standard InChI is InChI=1S/C11H16N2O2/c1-3-10-8(6-15-11(10)14)4-9-5-12-7-13(9)2/h5,7-8,10H,3-4,6H2,1-2H3/t8-,10-/m0/s1/i1D3,2D3,4D2,6D2,8D. The van der Waals surface area contributed by atoms with E-state index in [1.807, 2.05) is 0 Å². The molecule has 0 spiro atoms. The predicted molar refractivity (Wildman–Crippen MR) is 55.1 cm³/mol. The lowest BCUT2D eigenvalue weighted by molar-refractivity contribution is -0.141. The maximum Gasteiger partial charge on any atom is 0.309 e. The predicted octanol–water partition coefficient (Wildman–Crippen LogP) is 1.16. The zero-order valence-electron chi connectivity index (χ0n) is 18.7. The third-order valence-corrected chi connectivity index (χ3v) is 2.00. The Balaban J connectivity index is 2.67. The van der Waals surface area contributed by atoms with E-state index in [4.69, 9.17) is 15.1 Å². The van der Waals surface area contributed by atoms with Crippen LogP contribution in [0.4, 0.5) is 0 Å². The summed E-state index contributed by atoms with van der Waals surface area (Å²) in [6.45, 7) is -8.85. The number of esters is 1. The van der Waals surface area contributed by atoms with Gasteiger partial charge in [-0.15, -0.1) is 0 Å². The summed E-state index contributed by atoms with van der Waals surface area (Å²) in [6, 6.07) is 0. The van der Waals surface area contributed by atoms with Crippen LogP contribution in [0, 0.1) is 11.8 Å². The Labute approximate surface area is 105 Å². The first-order valence-corrected chi connectivity index (χ1v) is 4.21. The summed E-state index contributed by atoms with van der Waals surface area (Å²) in [5.41, 5.74) is -0.690. The average molecular weight is 219 g/mol. The van der Waals surface area contributed by atoms with Gasteiger partial charge in [-0.1, -0.05) is 6.85 Å². The molecule has 2 atom stereocenters. The van der Waals surface area contributed by atoms with E-state index in [1.54, 1.807) is 0 Å². The Morgan fingerprint density at radius 2 is 2.93 bits per heavy atom. The molecule has 1 saturated heterocycles. The molecule has 4 nitrogen and oxygen atoms in total. The molecule has 2 heterocycles. The van der Waals surface area contributed by atoms with Crippen LogP contribution in [-0.4, -0.2) is 22.1 Å². The summed E-state index contributed by atoms with van der Waals surface area (Å²) in [5.74, 6) is -6.42. The van der Waals surface area contributed by atoms with Crippen LogP contribution in [0.3, 0.4) is 0 Å². The molecule has 2 rings (SSSR count). The van der Waals surface area contributed by atoms with E-state index in [0.717, 1.165) is 12.5 Å². The van der Waals surface area contributed by atoms with Gasteiger partial charge < -0.3 is 9.30 Å². The third-order valence-electron chi connectivity index (χ3n) is 2.00. The van der Waals surface area contributed by atoms with Crippen LogP contribution in [0.1, 0.15) is 34.0 Å². The van der Waals surface area contributed by atoms with Crippen molar-refractivity contribution in [3.05, 3.63) is 18.2 Å². The molecule has 0 saturated carbocycles. The summed E-state index contributed by atoms with van der Waals surface area (Å²) >= 11 is 0. The van der Waals surface area contributed by atoms with Crippen molar-refractivity contribution in [2.75, 3.05) is 6.56 Å². The number of hydrogen-bond donors (Lipinski definition) is 0. The number of ether oxygens (including phenoxy) is 1. The van der Waals surface area contributed by atoms with Gasteiger partial charge >= 0.3 is 5.97 Å². The van der Waals surface area contributed by atoms with Gasteiger partial charge in [0.1, 0.15) is 0 Å². The van der Waals surface area contributed by atoms with E-state index >= 15 is 0 Å². The highest BCUT2D eigenvalue weighted by molar-refractivity contribution is 5.74.